The van der Waals surface area contributed by atoms with E-state index in [9.17, 15) is 9.90 Å². The molecule has 0 radical (unpaired) electrons. The predicted molar refractivity (Wildman–Crippen MR) is 65.6 cm³/mol. The molecule has 2 unspecified atom stereocenters. The van der Waals surface area contributed by atoms with Crippen LogP contribution in [0.3, 0.4) is 0 Å². The summed E-state index contributed by atoms with van der Waals surface area (Å²) in [6, 6.07) is 9.73. The van der Waals surface area contributed by atoms with E-state index in [0.29, 0.717) is 19.5 Å². The third-order valence-electron chi connectivity index (χ3n) is 3.09. The summed E-state index contributed by atoms with van der Waals surface area (Å²) in [6.07, 6.45) is 0.306. The van der Waals surface area contributed by atoms with Crippen LogP contribution in [0.15, 0.2) is 30.3 Å². The molecular formula is C13H18N2O2. The molecule has 0 saturated carbocycles. The highest BCUT2D eigenvalue weighted by molar-refractivity contribution is 5.75. The van der Waals surface area contributed by atoms with Gasteiger partial charge >= 0.3 is 6.03 Å². The third-order valence-corrected chi connectivity index (χ3v) is 3.09. The lowest BCUT2D eigenvalue weighted by atomic mass is 10.1. The van der Waals surface area contributed by atoms with Gasteiger partial charge in [-0.15, -0.1) is 0 Å². The van der Waals surface area contributed by atoms with Gasteiger partial charge in [-0.2, -0.15) is 0 Å². The zero-order valence-corrected chi connectivity index (χ0v) is 9.97. The summed E-state index contributed by atoms with van der Waals surface area (Å²) in [5, 5.41) is 12.3. The molecule has 0 bridgehead atoms. The van der Waals surface area contributed by atoms with Crippen LogP contribution in [-0.4, -0.2) is 35.2 Å². The Morgan fingerprint density at radius 1 is 1.47 bits per heavy atom. The van der Waals surface area contributed by atoms with Crippen molar-refractivity contribution in [1.29, 1.82) is 0 Å². The fourth-order valence-electron chi connectivity index (χ4n) is 2.03. The Labute approximate surface area is 101 Å². The summed E-state index contributed by atoms with van der Waals surface area (Å²) in [5.74, 6) is 0. The van der Waals surface area contributed by atoms with E-state index in [2.05, 4.69) is 5.32 Å². The van der Waals surface area contributed by atoms with Crippen LogP contribution < -0.4 is 5.32 Å². The SMILES string of the molecule is CC(NC(=O)N1CCC(O)C1)c1ccccc1. The minimum absolute atomic E-state index is 0.0126. The number of benzene rings is 1. The summed E-state index contributed by atoms with van der Waals surface area (Å²) in [5.41, 5.74) is 1.08. The van der Waals surface area contributed by atoms with Gasteiger partial charge in [0.05, 0.1) is 12.1 Å². The zero-order chi connectivity index (χ0) is 12.3. The van der Waals surface area contributed by atoms with Crippen LogP contribution in [0, 0.1) is 0 Å². The topological polar surface area (TPSA) is 52.6 Å². The van der Waals surface area contributed by atoms with E-state index < -0.39 is 0 Å². The Hall–Kier alpha value is -1.55. The van der Waals surface area contributed by atoms with Gasteiger partial charge in [0.1, 0.15) is 0 Å². The molecule has 0 aromatic heterocycles. The van der Waals surface area contributed by atoms with Crippen molar-refractivity contribution in [3.05, 3.63) is 35.9 Å². The molecule has 4 heteroatoms. The van der Waals surface area contributed by atoms with Gasteiger partial charge in [-0.3, -0.25) is 0 Å². The number of rotatable bonds is 2. The predicted octanol–water partition coefficient (Wildman–Crippen LogP) is 1.52. The first-order valence-electron chi connectivity index (χ1n) is 5.95. The molecule has 17 heavy (non-hydrogen) atoms. The number of β-amino-alcohol motifs (C(OH)–C–C–N with tert-alkyl or cyclic N) is 1. The summed E-state index contributed by atoms with van der Waals surface area (Å²) in [7, 11) is 0. The van der Waals surface area contributed by atoms with E-state index in [0.717, 1.165) is 5.56 Å². The van der Waals surface area contributed by atoms with Crippen LogP contribution in [0.5, 0.6) is 0 Å². The van der Waals surface area contributed by atoms with E-state index in [1.54, 1.807) is 4.90 Å². The monoisotopic (exact) mass is 234 g/mol. The number of carbonyl (C=O) groups is 1. The minimum atomic E-state index is -0.368. The summed E-state index contributed by atoms with van der Waals surface area (Å²) >= 11 is 0. The maximum atomic E-state index is 11.9. The number of hydrogen-bond donors (Lipinski definition) is 2. The number of urea groups is 1. The quantitative estimate of drug-likeness (QED) is 0.815. The number of nitrogens with zero attached hydrogens (tertiary/aromatic N) is 1. The van der Waals surface area contributed by atoms with E-state index in [4.69, 9.17) is 0 Å². The van der Waals surface area contributed by atoms with Crippen molar-refractivity contribution in [3.63, 3.8) is 0 Å². The van der Waals surface area contributed by atoms with Gasteiger partial charge in [-0.1, -0.05) is 30.3 Å². The third kappa shape index (κ3) is 2.97. The summed E-state index contributed by atoms with van der Waals surface area (Å²) in [4.78, 5) is 13.5. The molecule has 2 amide bonds. The van der Waals surface area contributed by atoms with E-state index in [1.165, 1.54) is 0 Å². The van der Waals surface area contributed by atoms with Crippen molar-refractivity contribution < 1.29 is 9.90 Å². The molecule has 1 aliphatic heterocycles. The van der Waals surface area contributed by atoms with Crippen molar-refractivity contribution >= 4 is 6.03 Å². The molecular weight excluding hydrogens is 216 g/mol. The van der Waals surface area contributed by atoms with Crippen LogP contribution in [0.25, 0.3) is 0 Å². The molecule has 0 aliphatic carbocycles. The van der Waals surface area contributed by atoms with Crippen molar-refractivity contribution in [3.8, 4) is 0 Å². The minimum Gasteiger partial charge on any atom is -0.391 e. The van der Waals surface area contributed by atoms with Gasteiger partial charge in [-0.25, -0.2) is 4.79 Å². The van der Waals surface area contributed by atoms with Crippen LogP contribution in [-0.2, 0) is 0 Å². The first kappa shape index (κ1) is 11.9. The molecule has 4 nitrogen and oxygen atoms in total. The number of nitrogens with one attached hydrogen (secondary N) is 1. The Morgan fingerprint density at radius 2 is 2.18 bits per heavy atom. The highest BCUT2D eigenvalue weighted by Crippen LogP contribution is 2.14. The Bertz CT molecular complexity index is 380. The average molecular weight is 234 g/mol. The number of carbonyl (C=O) groups excluding carboxylic acids is 1. The highest BCUT2D eigenvalue weighted by Gasteiger charge is 2.25. The Balaban J connectivity index is 1.91. The first-order chi connectivity index (χ1) is 8.16. The number of amides is 2. The van der Waals surface area contributed by atoms with E-state index in [1.807, 2.05) is 37.3 Å². The normalized spacial score (nSPS) is 21.3. The van der Waals surface area contributed by atoms with Crippen LogP contribution in [0.1, 0.15) is 24.9 Å². The smallest absolute Gasteiger partial charge is 0.317 e. The fraction of sp³-hybridized carbons (Fsp3) is 0.462. The fourth-order valence-corrected chi connectivity index (χ4v) is 2.03. The van der Waals surface area contributed by atoms with Crippen molar-refractivity contribution in [2.45, 2.75) is 25.5 Å². The number of aliphatic hydroxyl groups is 1. The standard InChI is InChI=1S/C13H18N2O2/c1-10(11-5-3-2-4-6-11)14-13(17)15-8-7-12(16)9-15/h2-6,10,12,16H,7-9H2,1H3,(H,14,17). The number of hydrogen-bond acceptors (Lipinski definition) is 2. The van der Waals surface area contributed by atoms with Gasteiger partial charge in [0.25, 0.3) is 0 Å². The Kier molecular flexibility index (Phi) is 3.64. The number of likely N-dealkylation sites (tertiary alicyclic amines) is 1. The molecule has 2 atom stereocenters. The maximum Gasteiger partial charge on any atom is 0.317 e. The molecule has 1 saturated heterocycles. The molecule has 1 aromatic rings. The largest absolute Gasteiger partial charge is 0.391 e. The lowest BCUT2D eigenvalue weighted by Gasteiger charge is -2.20. The lowest BCUT2D eigenvalue weighted by molar-refractivity contribution is 0.170. The van der Waals surface area contributed by atoms with Crippen LogP contribution in [0.4, 0.5) is 4.79 Å². The van der Waals surface area contributed by atoms with Crippen molar-refractivity contribution in [2.24, 2.45) is 0 Å². The molecule has 2 rings (SSSR count). The maximum absolute atomic E-state index is 11.9. The lowest BCUT2D eigenvalue weighted by Crippen LogP contribution is -2.40. The molecule has 1 heterocycles. The molecule has 92 valence electrons. The second kappa shape index (κ2) is 5.19. The van der Waals surface area contributed by atoms with Gasteiger partial charge in [0, 0.05) is 13.1 Å². The van der Waals surface area contributed by atoms with Gasteiger partial charge in [0.15, 0.2) is 0 Å². The second-order valence-corrected chi connectivity index (χ2v) is 4.47. The molecule has 1 fully saturated rings. The zero-order valence-electron chi connectivity index (χ0n) is 9.97. The van der Waals surface area contributed by atoms with Gasteiger partial charge in [0.2, 0.25) is 0 Å². The average Bonchev–Trinajstić information content (AvgIpc) is 2.77. The van der Waals surface area contributed by atoms with E-state index >= 15 is 0 Å². The molecule has 2 N–H and O–H groups in total. The van der Waals surface area contributed by atoms with Gasteiger partial charge in [-0.05, 0) is 18.9 Å². The van der Waals surface area contributed by atoms with E-state index in [-0.39, 0.29) is 18.2 Å². The summed E-state index contributed by atoms with van der Waals surface area (Å²) < 4.78 is 0. The molecule has 0 spiro atoms. The van der Waals surface area contributed by atoms with Crippen LogP contribution >= 0.6 is 0 Å². The number of aliphatic hydroxyl groups excluding tert-OH is 1. The second-order valence-electron chi connectivity index (χ2n) is 4.47. The molecule has 1 aliphatic rings. The van der Waals surface area contributed by atoms with Gasteiger partial charge < -0.3 is 15.3 Å². The summed E-state index contributed by atoms with van der Waals surface area (Å²) in [6.45, 7) is 3.03. The Morgan fingerprint density at radius 3 is 2.76 bits per heavy atom. The molecule has 1 aromatic carbocycles. The highest BCUT2D eigenvalue weighted by atomic mass is 16.3. The van der Waals surface area contributed by atoms with Crippen molar-refractivity contribution in [1.82, 2.24) is 10.2 Å². The van der Waals surface area contributed by atoms with Crippen LogP contribution in [0.2, 0.25) is 0 Å². The first-order valence-corrected chi connectivity index (χ1v) is 5.95. The van der Waals surface area contributed by atoms with Crippen molar-refractivity contribution in [2.75, 3.05) is 13.1 Å².